The van der Waals surface area contributed by atoms with Crippen molar-refractivity contribution in [3.8, 4) is 0 Å². The van der Waals surface area contributed by atoms with Crippen LogP contribution < -0.4 is 5.32 Å². The lowest BCUT2D eigenvalue weighted by Gasteiger charge is -2.29. The molecule has 0 radical (unpaired) electrons. The zero-order valence-electron chi connectivity index (χ0n) is 13.2. The fraction of sp³-hybridized carbons (Fsp3) is 0.812. The molecule has 0 aromatic carbocycles. The number of nitrogens with one attached hydrogen (secondary N) is 1. The molecule has 1 aromatic heterocycles. The topological polar surface area (TPSA) is 39.1 Å². The summed E-state index contributed by atoms with van der Waals surface area (Å²) in [4.78, 5) is 4.61. The van der Waals surface area contributed by atoms with Gasteiger partial charge in [-0.25, -0.2) is 4.98 Å². The van der Waals surface area contributed by atoms with E-state index in [-0.39, 0.29) is 0 Å². The maximum atomic E-state index is 5.16. The molecular formula is C16H29N3O. The molecule has 1 heterocycles. The molecule has 1 aliphatic carbocycles. The Hall–Kier alpha value is -1.03. The normalized spacial score (nSPS) is 22.9. The van der Waals surface area contributed by atoms with Crippen LogP contribution in [0.25, 0.3) is 0 Å². The van der Waals surface area contributed by atoms with Crippen LogP contribution in [0.4, 0.5) is 5.95 Å². The second-order valence-corrected chi connectivity index (χ2v) is 6.04. The first-order valence-electron chi connectivity index (χ1n) is 8.02. The lowest BCUT2D eigenvalue weighted by Crippen LogP contribution is -2.27. The third-order valence-corrected chi connectivity index (χ3v) is 4.31. The molecule has 0 spiro atoms. The Balaban J connectivity index is 1.87. The van der Waals surface area contributed by atoms with E-state index in [2.05, 4.69) is 28.0 Å². The number of imidazole rings is 1. The summed E-state index contributed by atoms with van der Waals surface area (Å²) < 4.78 is 7.34. The van der Waals surface area contributed by atoms with Gasteiger partial charge in [0.05, 0.1) is 12.3 Å². The third kappa shape index (κ3) is 4.23. The average Bonchev–Trinajstić information content (AvgIpc) is 2.79. The van der Waals surface area contributed by atoms with E-state index in [1.165, 1.54) is 38.5 Å². The summed E-state index contributed by atoms with van der Waals surface area (Å²) in [5, 5.41) is 3.64. The van der Waals surface area contributed by atoms with Gasteiger partial charge in [0, 0.05) is 25.9 Å². The summed E-state index contributed by atoms with van der Waals surface area (Å²) in [6.45, 7) is 5.94. The van der Waals surface area contributed by atoms with Gasteiger partial charge >= 0.3 is 0 Å². The monoisotopic (exact) mass is 279 g/mol. The predicted molar refractivity (Wildman–Crippen MR) is 83.1 cm³/mol. The highest BCUT2D eigenvalue weighted by Crippen LogP contribution is 2.29. The number of hydrogen-bond donors (Lipinski definition) is 1. The van der Waals surface area contributed by atoms with E-state index in [0.717, 1.165) is 30.7 Å². The van der Waals surface area contributed by atoms with Crippen LogP contribution in [0.1, 0.15) is 51.1 Å². The van der Waals surface area contributed by atoms with E-state index >= 15 is 0 Å². The first kappa shape index (κ1) is 15.4. The molecule has 0 atom stereocenters. The maximum absolute atomic E-state index is 5.16. The van der Waals surface area contributed by atoms with Crippen molar-refractivity contribution >= 4 is 5.95 Å². The van der Waals surface area contributed by atoms with Crippen LogP contribution in [0.3, 0.4) is 0 Å². The van der Waals surface area contributed by atoms with Crippen LogP contribution in [-0.4, -0.2) is 29.3 Å². The number of methoxy groups -OCH3 is 1. The van der Waals surface area contributed by atoms with Gasteiger partial charge in [-0.15, -0.1) is 0 Å². The first-order valence-corrected chi connectivity index (χ1v) is 8.02. The molecular weight excluding hydrogens is 250 g/mol. The van der Waals surface area contributed by atoms with Crippen molar-refractivity contribution in [3.05, 3.63) is 11.9 Å². The van der Waals surface area contributed by atoms with E-state index in [1.54, 1.807) is 7.11 Å². The molecule has 0 unspecified atom stereocenters. The van der Waals surface area contributed by atoms with Gasteiger partial charge in [0.25, 0.3) is 0 Å². The van der Waals surface area contributed by atoms with Crippen LogP contribution in [0.2, 0.25) is 0 Å². The van der Waals surface area contributed by atoms with E-state index < -0.39 is 0 Å². The maximum Gasteiger partial charge on any atom is 0.203 e. The highest BCUT2D eigenvalue weighted by molar-refractivity contribution is 5.30. The summed E-state index contributed by atoms with van der Waals surface area (Å²) in [7, 11) is 1.74. The first-order chi connectivity index (χ1) is 9.72. The Morgan fingerprint density at radius 2 is 2.10 bits per heavy atom. The summed E-state index contributed by atoms with van der Waals surface area (Å²) in [5.41, 5.74) is 1.07. The molecule has 0 aliphatic heterocycles. The van der Waals surface area contributed by atoms with Gasteiger partial charge in [-0.3, -0.25) is 0 Å². The fourth-order valence-electron chi connectivity index (χ4n) is 3.21. The van der Waals surface area contributed by atoms with Gasteiger partial charge in [0.2, 0.25) is 5.95 Å². The molecule has 114 valence electrons. The third-order valence-electron chi connectivity index (χ3n) is 4.31. The minimum absolute atomic E-state index is 0.589. The van der Waals surface area contributed by atoms with Gasteiger partial charge in [0.1, 0.15) is 0 Å². The minimum Gasteiger partial charge on any atom is -0.383 e. The SMILES string of the molecule is CCCC1CCC(Nc2nc(C)cn2CCOC)CC1. The van der Waals surface area contributed by atoms with Gasteiger partial charge in [-0.2, -0.15) is 0 Å². The highest BCUT2D eigenvalue weighted by Gasteiger charge is 2.21. The Kier molecular flexibility index (Phi) is 5.89. The van der Waals surface area contributed by atoms with Crippen molar-refractivity contribution in [2.45, 2.75) is 65.0 Å². The number of nitrogens with zero attached hydrogens (tertiary/aromatic N) is 2. The molecule has 20 heavy (non-hydrogen) atoms. The van der Waals surface area contributed by atoms with Crippen molar-refractivity contribution in [3.63, 3.8) is 0 Å². The molecule has 1 aliphatic rings. The van der Waals surface area contributed by atoms with Crippen LogP contribution in [0.5, 0.6) is 0 Å². The number of anilines is 1. The summed E-state index contributed by atoms with van der Waals surface area (Å²) in [6.07, 6.45) is 10.1. The second-order valence-electron chi connectivity index (χ2n) is 6.04. The number of aryl methyl sites for hydroxylation is 1. The van der Waals surface area contributed by atoms with Crippen molar-refractivity contribution in [2.24, 2.45) is 5.92 Å². The molecule has 1 fully saturated rings. The quantitative estimate of drug-likeness (QED) is 0.828. The molecule has 1 aromatic rings. The van der Waals surface area contributed by atoms with Crippen LogP contribution in [0, 0.1) is 12.8 Å². The van der Waals surface area contributed by atoms with Gasteiger partial charge in [-0.1, -0.05) is 19.8 Å². The predicted octanol–water partition coefficient (Wildman–Crippen LogP) is 3.61. The summed E-state index contributed by atoms with van der Waals surface area (Å²) in [6, 6.07) is 0.589. The van der Waals surface area contributed by atoms with Gasteiger partial charge < -0.3 is 14.6 Å². The molecule has 0 bridgehead atoms. The largest absolute Gasteiger partial charge is 0.383 e. The Bertz CT molecular complexity index is 394. The lowest BCUT2D eigenvalue weighted by molar-refractivity contribution is 0.187. The Morgan fingerprint density at radius 3 is 2.75 bits per heavy atom. The van der Waals surface area contributed by atoms with Gasteiger partial charge in [-0.05, 0) is 38.5 Å². The average molecular weight is 279 g/mol. The van der Waals surface area contributed by atoms with E-state index in [9.17, 15) is 0 Å². The smallest absolute Gasteiger partial charge is 0.203 e. The Labute approximate surface area is 122 Å². The van der Waals surface area contributed by atoms with E-state index in [4.69, 9.17) is 4.74 Å². The lowest BCUT2D eigenvalue weighted by atomic mass is 9.83. The minimum atomic E-state index is 0.589. The van der Waals surface area contributed by atoms with Crippen molar-refractivity contribution in [1.82, 2.24) is 9.55 Å². The zero-order chi connectivity index (χ0) is 14.4. The Morgan fingerprint density at radius 1 is 1.35 bits per heavy atom. The number of aromatic nitrogens is 2. The second kappa shape index (κ2) is 7.67. The standard InChI is InChI=1S/C16H29N3O/c1-4-5-14-6-8-15(9-7-14)18-16-17-13(2)12-19(16)10-11-20-3/h12,14-15H,4-11H2,1-3H3,(H,17,18). The molecule has 1 saturated carbocycles. The van der Waals surface area contributed by atoms with E-state index in [1.807, 2.05) is 6.92 Å². The van der Waals surface area contributed by atoms with Crippen LogP contribution in [-0.2, 0) is 11.3 Å². The highest BCUT2D eigenvalue weighted by atomic mass is 16.5. The fourth-order valence-corrected chi connectivity index (χ4v) is 3.21. The van der Waals surface area contributed by atoms with E-state index in [0.29, 0.717) is 6.04 Å². The van der Waals surface area contributed by atoms with Crippen LogP contribution >= 0.6 is 0 Å². The molecule has 4 nitrogen and oxygen atoms in total. The van der Waals surface area contributed by atoms with Crippen molar-refractivity contribution < 1.29 is 4.74 Å². The molecule has 1 N–H and O–H groups in total. The van der Waals surface area contributed by atoms with Gasteiger partial charge in [0.15, 0.2) is 0 Å². The number of ether oxygens (including phenoxy) is 1. The molecule has 0 amide bonds. The molecule has 2 rings (SSSR count). The number of hydrogen-bond acceptors (Lipinski definition) is 3. The molecule has 4 heteroatoms. The van der Waals surface area contributed by atoms with Crippen molar-refractivity contribution in [2.75, 3.05) is 19.0 Å². The van der Waals surface area contributed by atoms with Crippen LogP contribution in [0.15, 0.2) is 6.20 Å². The summed E-state index contributed by atoms with van der Waals surface area (Å²) >= 11 is 0. The number of rotatable bonds is 7. The summed E-state index contributed by atoms with van der Waals surface area (Å²) in [5.74, 6) is 1.96. The molecule has 0 saturated heterocycles. The van der Waals surface area contributed by atoms with Crippen molar-refractivity contribution in [1.29, 1.82) is 0 Å². The zero-order valence-corrected chi connectivity index (χ0v) is 13.2.